The van der Waals surface area contributed by atoms with Crippen molar-refractivity contribution >= 4 is 80.2 Å². The van der Waals surface area contributed by atoms with Crippen LogP contribution in [0.25, 0.3) is 11.8 Å². The van der Waals surface area contributed by atoms with Gasteiger partial charge in [-0.3, -0.25) is 9.36 Å². The number of carbonyl (C=O) groups excluding carboxylic acids is 2. The molecule has 238 valence electrons. The molecule has 3 aromatic carbocycles. The number of ether oxygens (including phenoxy) is 3. The van der Waals surface area contributed by atoms with Gasteiger partial charge in [0.25, 0.3) is 5.56 Å². The Labute approximate surface area is 298 Å². The summed E-state index contributed by atoms with van der Waals surface area (Å²) >= 11 is 5.58. The normalized spacial score (nSPS) is 14.6. The predicted octanol–water partition coefficient (Wildman–Crippen LogP) is 6.21. The van der Waals surface area contributed by atoms with Gasteiger partial charge in [0.05, 0.1) is 42.2 Å². The number of benzene rings is 3. The molecule has 0 saturated heterocycles. The summed E-state index contributed by atoms with van der Waals surface area (Å²) in [7, 11) is 0. The fourth-order valence-electron chi connectivity index (χ4n) is 5.10. The Morgan fingerprint density at radius 1 is 0.978 bits per heavy atom. The maximum Gasteiger partial charge on any atom is 0.344 e. The second kappa shape index (κ2) is 15.1. The minimum absolute atomic E-state index is 0.185. The van der Waals surface area contributed by atoms with E-state index in [1.165, 1.54) is 11.3 Å². The molecule has 8 nitrogen and oxygen atoms in total. The van der Waals surface area contributed by atoms with Gasteiger partial charge in [-0.1, -0.05) is 79.8 Å². The fraction of sp³-hybridized carbons (Fsp3) is 0.257. The third-order valence-corrected chi connectivity index (χ3v) is 9.84. The van der Waals surface area contributed by atoms with E-state index in [2.05, 4.69) is 59.0 Å². The maximum absolute atomic E-state index is 14.2. The average Bonchev–Trinajstić information content (AvgIpc) is 3.34. The number of nitrogens with zero attached hydrogens (tertiary/aromatic N) is 2. The van der Waals surface area contributed by atoms with Crippen molar-refractivity contribution in [3.8, 4) is 5.75 Å². The third kappa shape index (κ3) is 7.31. The molecule has 0 fully saturated rings. The monoisotopic (exact) mass is 862 g/mol. The molecule has 5 rings (SSSR count). The molecular weight excluding hydrogens is 830 g/mol. The zero-order valence-corrected chi connectivity index (χ0v) is 30.8. The van der Waals surface area contributed by atoms with Gasteiger partial charge in [-0.25, -0.2) is 14.6 Å². The minimum Gasteiger partial charge on any atom is -0.480 e. The second-order valence-electron chi connectivity index (χ2n) is 10.7. The first-order chi connectivity index (χ1) is 22.1. The molecule has 2 heterocycles. The number of hydrogen-bond donors (Lipinski definition) is 0. The SMILES string of the molecule is CCOC(=O)COc1c(I)cc(/C=c2\sc3n(c2=O)[C@H](c2ccc(C(C)C)cc2)C(C(=O)OCC)=C(c2ccccc2)N=3)cc1I. The Kier molecular flexibility index (Phi) is 11.2. The van der Waals surface area contributed by atoms with E-state index in [4.69, 9.17) is 19.2 Å². The van der Waals surface area contributed by atoms with Crippen LogP contribution in [0.4, 0.5) is 0 Å². The summed E-state index contributed by atoms with van der Waals surface area (Å²) in [5.74, 6) is -0.0580. The summed E-state index contributed by atoms with van der Waals surface area (Å²) in [5, 5.41) is 0. The zero-order valence-electron chi connectivity index (χ0n) is 25.7. The Bertz CT molecular complexity index is 1960. The van der Waals surface area contributed by atoms with Gasteiger partial charge in [0, 0.05) is 5.56 Å². The number of halogens is 2. The third-order valence-electron chi connectivity index (χ3n) is 7.25. The van der Waals surface area contributed by atoms with Crippen molar-refractivity contribution in [3.05, 3.63) is 121 Å². The number of carbonyl (C=O) groups is 2. The van der Waals surface area contributed by atoms with Crippen molar-refractivity contribution in [1.82, 2.24) is 4.57 Å². The van der Waals surface area contributed by atoms with Gasteiger partial charge in [-0.05, 0) is 99.8 Å². The van der Waals surface area contributed by atoms with E-state index in [9.17, 15) is 14.4 Å². The number of fused-ring (bicyclic) bond motifs is 1. The largest absolute Gasteiger partial charge is 0.480 e. The standard InChI is InChI=1S/C35H32I2N2O6S/c1-5-43-28(40)19-45-32-25(36)16-21(17-26(32)37)18-27-33(41)39-31(24-14-12-22(13-15-24)20(3)4)29(34(42)44-6-2)30(38-35(39)46-27)23-10-8-7-9-11-23/h7-18,20,31H,5-6,19H2,1-4H3/b27-18-/t31-/m1/s1. The van der Waals surface area contributed by atoms with Crippen LogP contribution in [0.5, 0.6) is 5.75 Å². The lowest BCUT2D eigenvalue weighted by Gasteiger charge is -2.26. The lowest BCUT2D eigenvalue weighted by atomic mass is 9.91. The van der Waals surface area contributed by atoms with Crippen LogP contribution in [0.15, 0.2) is 82.1 Å². The summed E-state index contributed by atoms with van der Waals surface area (Å²) in [4.78, 5) is 45.2. The molecule has 1 atom stereocenters. The fourth-order valence-corrected chi connectivity index (χ4v) is 8.23. The Morgan fingerprint density at radius 3 is 2.24 bits per heavy atom. The highest BCUT2D eigenvalue weighted by molar-refractivity contribution is 14.1. The molecule has 46 heavy (non-hydrogen) atoms. The van der Waals surface area contributed by atoms with Gasteiger partial charge >= 0.3 is 11.9 Å². The van der Waals surface area contributed by atoms with Crippen molar-refractivity contribution in [2.45, 2.75) is 39.7 Å². The molecule has 1 aliphatic rings. The van der Waals surface area contributed by atoms with Crippen LogP contribution < -0.4 is 19.6 Å². The highest BCUT2D eigenvalue weighted by atomic mass is 127. The number of esters is 2. The van der Waals surface area contributed by atoms with Crippen LogP contribution >= 0.6 is 56.5 Å². The van der Waals surface area contributed by atoms with Crippen LogP contribution in [0.3, 0.4) is 0 Å². The van der Waals surface area contributed by atoms with Crippen molar-refractivity contribution in [1.29, 1.82) is 0 Å². The summed E-state index contributed by atoms with van der Waals surface area (Å²) in [6.45, 7) is 8.03. The van der Waals surface area contributed by atoms with Gasteiger partial charge < -0.3 is 14.2 Å². The lowest BCUT2D eigenvalue weighted by molar-refractivity contribution is -0.145. The molecule has 0 unspecified atom stereocenters. The topological polar surface area (TPSA) is 96.2 Å². The molecule has 11 heteroatoms. The molecule has 0 radical (unpaired) electrons. The molecule has 0 amide bonds. The molecule has 4 aromatic rings. The average molecular weight is 863 g/mol. The molecular formula is C35H32I2N2O6S. The van der Waals surface area contributed by atoms with Crippen molar-refractivity contribution < 1.29 is 23.8 Å². The van der Waals surface area contributed by atoms with Crippen molar-refractivity contribution in [3.63, 3.8) is 0 Å². The van der Waals surface area contributed by atoms with E-state index in [-0.39, 0.29) is 25.4 Å². The minimum atomic E-state index is -0.743. The molecule has 0 saturated carbocycles. The smallest absolute Gasteiger partial charge is 0.344 e. The van der Waals surface area contributed by atoms with E-state index < -0.39 is 18.0 Å². The molecule has 0 N–H and O–H groups in total. The predicted molar refractivity (Wildman–Crippen MR) is 196 cm³/mol. The lowest BCUT2D eigenvalue weighted by Crippen LogP contribution is -2.40. The summed E-state index contributed by atoms with van der Waals surface area (Å²) in [6.07, 6.45) is 1.82. The quantitative estimate of drug-likeness (QED) is 0.139. The number of rotatable bonds is 10. The Hall–Kier alpha value is -3.30. The highest BCUT2D eigenvalue weighted by Crippen LogP contribution is 2.36. The van der Waals surface area contributed by atoms with E-state index in [0.29, 0.717) is 32.3 Å². The number of aromatic nitrogens is 1. The molecule has 1 aromatic heterocycles. The maximum atomic E-state index is 14.2. The van der Waals surface area contributed by atoms with Crippen LogP contribution in [0, 0.1) is 7.14 Å². The molecule has 0 aliphatic carbocycles. The van der Waals surface area contributed by atoms with E-state index in [0.717, 1.165) is 29.4 Å². The molecule has 1 aliphatic heterocycles. The van der Waals surface area contributed by atoms with Crippen LogP contribution in [0.1, 0.15) is 61.9 Å². The summed E-state index contributed by atoms with van der Waals surface area (Å²) in [5.41, 5.74) is 4.02. The molecule has 0 bridgehead atoms. The van der Waals surface area contributed by atoms with Gasteiger partial charge in [0.1, 0.15) is 5.75 Å². The Morgan fingerprint density at radius 2 is 1.63 bits per heavy atom. The summed E-state index contributed by atoms with van der Waals surface area (Å²) in [6, 6.07) is 20.6. The van der Waals surface area contributed by atoms with E-state index in [1.54, 1.807) is 18.4 Å². The van der Waals surface area contributed by atoms with Gasteiger partial charge in [0.2, 0.25) is 0 Å². The highest BCUT2D eigenvalue weighted by Gasteiger charge is 2.35. The summed E-state index contributed by atoms with van der Waals surface area (Å²) < 4.78 is 19.9. The van der Waals surface area contributed by atoms with Crippen LogP contribution in [0.2, 0.25) is 0 Å². The van der Waals surface area contributed by atoms with Crippen molar-refractivity contribution in [2.24, 2.45) is 4.99 Å². The molecule has 0 spiro atoms. The number of thiazole rings is 1. The Balaban J connectivity index is 1.68. The number of hydrogen-bond acceptors (Lipinski definition) is 8. The van der Waals surface area contributed by atoms with E-state index >= 15 is 0 Å². The first-order valence-corrected chi connectivity index (χ1v) is 17.8. The van der Waals surface area contributed by atoms with Gasteiger partial charge in [-0.15, -0.1) is 0 Å². The van der Waals surface area contributed by atoms with E-state index in [1.807, 2.05) is 72.8 Å². The zero-order chi connectivity index (χ0) is 33.0. The first-order valence-electron chi connectivity index (χ1n) is 14.8. The van der Waals surface area contributed by atoms with Gasteiger partial charge in [0.15, 0.2) is 11.4 Å². The van der Waals surface area contributed by atoms with Crippen LogP contribution in [-0.4, -0.2) is 36.3 Å². The van der Waals surface area contributed by atoms with Gasteiger partial charge in [-0.2, -0.15) is 0 Å². The van der Waals surface area contributed by atoms with Crippen molar-refractivity contribution in [2.75, 3.05) is 19.8 Å². The van der Waals surface area contributed by atoms with Crippen LogP contribution in [-0.2, 0) is 19.1 Å². The second-order valence-corrected chi connectivity index (χ2v) is 14.0. The first kappa shape index (κ1) is 34.0.